The number of allylic oxidation sites excluding steroid dienone is 2. The van der Waals surface area contributed by atoms with Crippen LogP contribution in [0.3, 0.4) is 0 Å². The Balaban J connectivity index is 0.000000292. The fourth-order valence-electron chi connectivity index (χ4n) is 0.781. The summed E-state index contributed by atoms with van der Waals surface area (Å²) in [6, 6.07) is 10.3. The second kappa shape index (κ2) is 8.31. The number of rotatable bonds is 3. The lowest BCUT2D eigenvalue weighted by atomic mass is 10.2. The summed E-state index contributed by atoms with van der Waals surface area (Å²) in [5.41, 5.74) is 1.33. The summed E-state index contributed by atoms with van der Waals surface area (Å²) in [4.78, 5) is 0. The van der Waals surface area contributed by atoms with Gasteiger partial charge in [0.05, 0.1) is 0 Å². The van der Waals surface area contributed by atoms with Gasteiger partial charge in [0, 0.05) is 0 Å². The molecule has 0 fully saturated rings. The molecule has 76 valence electrons. The smallest absolute Gasteiger partial charge is 0.0100 e. The first-order chi connectivity index (χ1) is 6.70. The van der Waals surface area contributed by atoms with Gasteiger partial charge >= 0.3 is 0 Å². The van der Waals surface area contributed by atoms with Crippen LogP contribution in [0.2, 0.25) is 0 Å². The highest BCUT2D eigenvalue weighted by Crippen LogP contribution is 1.98. The second-order valence-corrected chi connectivity index (χ2v) is 3.46. The molecule has 14 heavy (non-hydrogen) atoms. The third-order valence-corrected chi connectivity index (χ3v) is 1.69. The van der Waals surface area contributed by atoms with E-state index in [1.165, 1.54) is 5.56 Å². The predicted octanol–water partition coefficient (Wildman–Crippen LogP) is 4.24. The van der Waals surface area contributed by atoms with Gasteiger partial charge in [-0.25, -0.2) is 0 Å². The van der Waals surface area contributed by atoms with Crippen LogP contribution in [0.15, 0.2) is 55.6 Å². The van der Waals surface area contributed by atoms with Crippen molar-refractivity contribution < 1.29 is 0 Å². The van der Waals surface area contributed by atoms with Crippen molar-refractivity contribution in [3.05, 3.63) is 61.2 Å². The Bertz CT molecular complexity index is 244. The first-order valence-corrected chi connectivity index (χ1v) is 4.98. The second-order valence-electron chi connectivity index (χ2n) is 3.46. The SMILES string of the molecule is C=CC(C)C.C=CCc1ccccc1. The largest absolute Gasteiger partial charge is 0.103 e. The maximum atomic E-state index is 3.66. The third-order valence-electron chi connectivity index (χ3n) is 1.69. The number of benzene rings is 1. The van der Waals surface area contributed by atoms with Crippen molar-refractivity contribution in [2.45, 2.75) is 20.3 Å². The zero-order valence-corrected chi connectivity index (χ0v) is 9.24. The Morgan fingerprint density at radius 2 is 1.64 bits per heavy atom. The zero-order valence-electron chi connectivity index (χ0n) is 9.24. The molecule has 0 spiro atoms. The molecule has 0 aliphatic carbocycles. The molecule has 0 aliphatic heterocycles. The summed E-state index contributed by atoms with van der Waals surface area (Å²) in [5.74, 6) is 0.648. The van der Waals surface area contributed by atoms with Crippen molar-refractivity contribution in [1.29, 1.82) is 0 Å². The van der Waals surface area contributed by atoms with E-state index in [-0.39, 0.29) is 0 Å². The van der Waals surface area contributed by atoms with Gasteiger partial charge in [-0.05, 0) is 17.9 Å². The maximum Gasteiger partial charge on any atom is -0.0100 e. The van der Waals surface area contributed by atoms with Gasteiger partial charge in [0.15, 0.2) is 0 Å². The van der Waals surface area contributed by atoms with Gasteiger partial charge in [-0.2, -0.15) is 0 Å². The predicted molar refractivity (Wildman–Crippen MR) is 65.4 cm³/mol. The Labute approximate surface area is 88.0 Å². The molecule has 0 heteroatoms. The molecule has 0 nitrogen and oxygen atoms in total. The van der Waals surface area contributed by atoms with Crippen LogP contribution in [-0.4, -0.2) is 0 Å². The average molecular weight is 188 g/mol. The van der Waals surface area contributed by atoms with E-state index in [2.05, 4.69) is 39.1 Å². The molecule has 0 radical (unpaired) electrons. The summed E-state index contributed by atoms with van der Waals surface area (Å²) < 4.78 is 0. The molecule has 0 unspecified atom stereocenters. The fraction of sp³-hybridized carbons (Fsp3) is 0.286. The van der Waals surface area contributed by atoms with Crippen LogP contribution in [0.5, 0.6) is 0 Å². The van der Waals surface area contributed by atoms with Gasteiger partial charge in [0.25, 0.3) is 0 Å². The standard InChI is InChI=1S/C9H10.C5H10/c1-2-6-9-7-4-3-5-8-9;1-4-5(2)3/h2-5,7-8H,1,6H2;4-5H,1H2,2-3H3. The van der Waals surface area contributed by atoms with Gasteiger partial charge in [-0.3, -0.25) is 0 Å². The number of hydrogen-bond donors (Lipinski definition) is 0. The van der Waals surface area contributed by atoms with Crippen LogP contribution >= 0.6 is 0 Å². The third kappa shape index (κ3) is 7.35. The van der Waals surface area contributed by atoms with E-state index in [9.17, 15) is 0 Å². The molecule has 0 saturated carbocycles. The molecule has 0 atom stereocenters. The van der Waals surface area contributed by atoms with Gasteiger partial charge in [-0.1, -0.05) is 56.3 Å². The first-order valence-electron chi connectivity index (χ1n) is 4.98. The fourth-order valence-corrected chi connectivity index (χ4v) is 0.781. The molecule has 0 aliphatic rings. The average Bonchev–Trinajstić information content (AvgIpc) is 2.21. The Morgan fingerprint density at radius 1 is 1.14 bits per heavy atom. The normalized spacial score (nSPS) is 8.79. The Morgan fingerprint density at radius 3 is 2.00 bits per heavy atom. The molecular weight excluding hydrogens is 168 g/mol. The van der Waals surface area contributed by atoms with E-state index in [4.69, 9.17) is 0 Å². The van der Waals surface area contributed by atoms with E-state index >= 15 is 0 Å². The van der Waals surface area contributed by atoms with Crippen LogP contribution in [0.25, 0.3) is 0 Å². The summed E-state index contributed by atoms with van der Waals surface area (Å²) in [5, 5.41) is 0. The molecule has 0 aromatic heterocycles. The van der Waals surface area contributed by atoms with E-state index in [0.29, 0.717) is 5.92 Å². The highest BCUT2D eigenvalue weighted by Gasteiger charge is 1.82. The minimum absolute atomic E-state index is 0.648. The molecular formula is C14H20. The quantitative estimate of drug-likeness (QED) is 0.622. The summed E-state index contributed by atoms with van der Waals surface area (Å²) in [7, 11) is 0. The summed E-state index contributed by atoms with van der Waals surface area (Å²) >= 11 is 0. The minimum atomic E-state index is 0.648. The lowest BCUT2D eigenvalue weighted by Gasteiger charge is -1.91. The van der Waals surface area contributed by atoms with Crippen LogP contribution in [0.1, 0.15) is 19.4 Å². The van der Waals surface area contributed by atoms with Crippen molar-refractivity contribution in [3.8, 4) is 0 Å². The number of hydrogen-bond acceptors (Lipinski definition) is 0. The molecule has 0 saturated heterocycles. The van der Waals surface area contributed by atoms with Gasteiger partial charge in [0.2, 0.25) is 0 Å². The van der Waals surface area contributed by atoms with E-state index < -0.39 is 0 Å². The molecule has 1 aromatic carbocycles. The van der Waals surface area contributed by atoms with Crippen molar-refractivity contribution in [3.63, 3.8) is 0 Å². The van der Waals surface area contributed by atoms with E-state index in [0.717, 1.165) is 6.42 Å². The van der Waals surface area contributed by atoms with Crippen LogP contribution in [0.4, 0.5) is 0 Å². The molecule has 1 rings (SSSR count). The van der Waals surface area contributed by atoms with Gasteiger partial charge < -0.3 is 0 Å². The van der Waals surface area contributed by atoms with Crippen LogP contribution in [0, 0.1) is 5.92 Å². The van der Waals surface area contributed by atoms with Crippen LogP contribution < -0.4 is 0 Å². The monoisotopic (exact) mass is 188 g/mol. The topological polar surface area (TPSA) is 0 Å². The van der Waals surface area contributed by atoms with Crippen molar-refractivity contribution in [2.24, 2.45) is 5.92 Å². The first kappa shape index (κ1) is 12.7. The lowest BCUT2D eigenvalue weighted by molar-refractivity contribution is 0.835. The lowest BCUT2D eigenvalue weighted by Crippen LogP contribution is -1.75. The summed E-state index contributed by atoms with van der Waals surface area (Å²) in [6.45, 7) is 11.4. The molecule has 1 aromatic rings. The zero-order chi connectivity index (χ0) is 10.8. The molecule has 0 bridgehead atoms. The van der Waals surface area contributed by atoms with Crippen LogP contribution in [-0.2, 0) is 6.42 Å². The minimum Gasteiger partial charge on any atom is -0.103 e. The maximum absolute atomic E-state index is 3.66. The highest BCUT2D eigenvalue weighted by molar-refractivity contribution is 5.16. The van der Waals surface area contributed by atoms with Crippen molar-refractivity contribution >= 4 is 0 Å². The van der Waals surface area contributed by atoms with Gasteiger partial charge in [-0.15, -0.1) is 13.2 Å². The van der Waals surface area contributed by atoms with Crippen molar-refractivity contribution in [1.82, 2.24) is 0 Å². The van der Waals surface area contributed by atoms with E-state index in [1.54, 1.807) is 0 Å². The highest BCUT2D eigenvalue weighted by atomic mass is 13.9. The van der Waals surface area contributed by atoms with Crippen molar-refractivity contribution in [2.75, 3.05) is 0 Å². The molecule has 0 heterocycles. The Kier molecular flexibility index (Phi) is 7.53. The van der Waals surface area contributed by atoms with E-state index in [1.807, 2.05) is 30.4 Å². The summed E-state index contributed by atoms with van der Waals surface area (Å²) in [6.07, 6.45) is 4.80. The molecule has 0 N–H and O–H groups in total. The Hall–Kier alpha value is -1.30. The van der Waals surface area contributed by atoms with Gasteiger partial charge in [0.1, 0.15) is 0 Å². The molecule has 0 amide bonds.